The zero-order valence-electron chi connectivity index (χ0n) is 16.2. The van der Waals surface area contributed by atoms with Gasteiger partial charge < -0.3 is 10.1 Å². The molecule has 1 aliphatic carbocycles. The number of hydrogen-bond acceptors (Lipinski definition) is 5. The van der Waals surface area contributed by atoms with Crippen LogP contribution in [0.15, 0.2) is 24.3 Å². The first-order valence-electron chi connectivity index (χ1n) is 10.0. The Labute approximate surface area is 171 Å². The van der Waals surface area contributed by atoms with Gasteiger partial charge >= 0.3 is 6.03 Å². The van der Waals surface area contributed by atoms with Gasteiger partial charge in [-0.1, -0.05) is 36.6 Å². The van der Waals surface area contributed by atoms with Crippen molar-refractivity contribution in [3.05, 3.63) is 29.3 Å². The van der Waals surface area contributed by atoms with Gasteiger partial charge in [0.05, 0.1) is 11.6 Å². The van der Waals surface area contributed by atoms with Crippen molar-refractivity contribution < 1.29 is 14.3 Å². The Kier molecular flexibility index (Phi) is 7.94. The summed E-state index contributed by atoms with van der Waals surface area (Å²) in [5.41, 5.74) is 0. The Bertz CT molecular complexity index is 659. The van der Waals surface area contributed by atoms with E-state index in [0.29, 0.717) is 17.4 Å². The van der Waals surface area contributed by atoms with E-state index < -0.39 is 0 Å². The summed E-state index contributed by atoms with van der Waals surface area (Å²) >= 11 is 6.08. The van der Waals surface area contributed by atoms with Gasteiger partial charge in [0.25, 0.3) is 0 Å². The molecule has 7 nitrogen and oxygen atoms in total. The number of carbonyl (C=O) groups is 2. The number of para-hydroxylation sites is 1. The predicted octanol–water partition coefficient (Wildman–Crippen LogP) is 2.10. The van der Waals surface area contributed by atoms with E-state index >= 15 is 0 Å². The van der Waals surface area contributed by atoms with Crippen LogP contribution >= 0.6 is 11.6 Å². The summed E-state index contributed by atoms with van der Waals surface area (Å²) in [5.74, 6) is 0.460. The number of hydrogen-bond donors (Lipinski definition) is 2. The van der Waals surface area contributed by atoms with Crippen molar-refractivity contribution in [3.8, 4) is 5.75 Å². The van der Waals surface area contributed by atoms with Crippen LogP contribution in [-0.4, -0.2) is 73.7 Å². The standard InChI is InChI=1S/C20H29ClN4O3/c21-17-7-3-4-8-18(17)28-14-13-24-9-11-25(12-10-24)15-19(26)23-20(27)22-16-5-1-2-6-16/h3-4,7-8,16H,1-2,5-6,9-15H2,(H2,22,23,26,27). The minimum Gasteiger partial charge on any atom is -0.491 e. The minimum atomic E-state index is -0.368. The van der Waals surface area contributed by atoms with Gasteiger partial charge in [0.1, 0.15) is 12.4 Å². The monoisotopic (exact) mass is 408 g/mol. The fourth-order valence-corrected chi connectivity index (χ4v) is 3.87. The van der Waals surface area contributed by atoms with Gasteiger partial charge in [-0.25, -0.2) is 4.79 Å². The van der Waals surface area contributed by atoms with E-state index in [1.165, 1.54) is 0 Å². The van der Waals surface area contributed by atoms with Crippen LogP contribution in [0.1, 0.15) is 25.7 Å². The number of nitrogens with zero attached hydrogens (tertiary/aromatic N) is 2. The molecule has 1 aliphatic heterocycles. The first-order valence-corrected chi connectivity index (χ1v) is 10.4. The third kappa shape index (κ3) is 6.65. The van der Waals surface area contributed by atoms with Crippen molar-refractivity contribution in [3.63, 3.8) is 0 Å². The number of halogens is 1. The molecular formula is C20H29ClN4O3. The molecule has 1 saturated carbocycles. The van der Waals surface area contributed by atoms with Gasteiger partial charge in [0.2, 0.25) is 5.91 Å². The van der Waals surface area contributed by atoms with Gasteiger partial charge in [0, 0.05) is 38.8 Å². The first kappa shape index (κ1) is 20.9. The van der Waals surface area contributed by atoms with Crippen molar-refractivity contribution in [1.29, 1.82) is 0 Å². The maximum atomic E-state index is 12.1. The summed E-state index contributed by atoms with van der Waals surface area (Å²) in [7, 11) is 0. The molecule has 1 aromatic rings. The lowest BCUT2D eigenvalue weighted by Gasteiger charge is -2.34. The third-order valence-electron chi connectivity index (χ3n) is 5.28. The second-order valence-corrected chi connectivity index (χ2v) is 7.81. The highest BCUT2D eigenvalue weighted by atomic mass is 35.5. The van der Waals surface area contributed by atoms with E-state index in [9.17, 15) is 9.59 Å². The van der Waals surface area contributed by atoms with Crippen molar-refractivity contribution >= 4 is 23.5 Å². The maximum Gasteiger partial charge on any atom is 0.321 e. The molecule has 0 bridgehead atoms. The lowest BCUT2D eigenvalue weighted by Crippen LogP contribution is -2.52. The molecule has 3 rings (SSSR count). The molecule has 8 heteroatoms. The summed E-state index contributed by atoms with van der Waals surface area (Å²) in [5, 5.41) is 5.94. The molecule has 0 radical (unpaired) electrons. The first-order chi connectivity index (χ1) is 13.6. The molecule has 3 amide bonds. The number of imide groups is 1. The summed E-state index contributed by atoms with van der Waals surface area (Å²) < 4.78 is 5.73. The number of urea groups is 1. The van der Waals surface area contributed by atoms with Gasteiger partial charge in [-0.2, -0.15) is 0 Å². The zero-order chi connectivity index (χ0) is 19.8. The Morgan fingerprint density at radius 1 is 1.07 bits per heavy atom. The number of ether oxygens (including phenoxy) is 1. The molecule has 1 heterocycles. The van der Waals surface area contributed by atoms with Gasteiger partial charge in [-0.3, -0.25) is 19.9 Å². The molecule has 2 fully saturated rings. The summed E-state index contributed by atoms with van der Waals surface area (Å²) in [6.07, 6.45) is 4.30. The van der Waals surface area contributed by atoms with Crippen LogP contribution in [0.5, 0.6) is 5.75 Å². The highest BCUT2D eigenvalue weighted by Gasteiger charge is 2.21. The van der Waals surface area contributed by atoms with E-state index in [1.807, 2.05) is 24.3 Å². The fourth-order valence-electron chi connectivity index (χ4n) is 3.68. The van der Waals surface area contributed by atoms with E-state index in [0.717, 1.165) is 58.4 Å². The molecule has 1 aromatic carbocycles. The molecule has 1 saturated heterocycles. The molecule has 2 aliphatic rings. The number of nitrogens with one attached hydrogen (secondary N) is 2. The summed E-state index contributed by atoms with van der Waals surface area (Å²) in [6.45, 7) is 4.97. The van der Waals surface area contributed by atoms with Crippen molar-refractivity contribution in [1.82, 2.24) is 20.4 Å². The Hall–Kier alpha value is -1.83. The molecule has 154 valence electrons. The van der Waals surface area contributed by atoms with Crippen LogP contribution in [0.2, 0.25) is 5.02 Å². The van der Waals surface area contributed by atoms with Crippen LogP contribution in [-0.2, 0) is 4.79 Å². The predicted molar refractivity (Wildman–Crippen MR) is 109 cm³/mol. The number of benzene rings is 1. The smallest absolute Gasteiger partial charge is 0.321 e. The number of amides is 3. The van der Waals surface area contributed by atoms with Gasteiger partial charge in [-0.05, 0) is 25.0 Å². The maximum absolute atomic E-state index is 12.1. The molecular weight excluding hydrogens is 380 g/mol. The van der Waals surface area contributed by atoms with E-state index in [1.54, 1.807) is 0 Å². The zero-order valence-corrected chi connectivity index (χ0v) is 16.9. The van der Waals surface area contributed by atoms with Crippen LogP contribution in [0.3, 0.4) is 0 Å². The molecule has 28 heavy (non-hydrogen) atoms. The average Bonchev–Trinajstić information content (AvgIpc) is 3.17. The second kappa shape index (κ2) is 10.6. The molecule has 0 spiro atoms. The van der Waals surface area contributed by atoms with Crippen LogP contribution in [0.25, 0.3) is 0 Å². The third-order valence-corrected chi connectivity index (χ3v) is 5.59. The highest BCUT2D eigenvalue weighted by molar-refractivity contribution is 6.32. The summed E-state index contributed by atoms with van der Waals surface area (Å²) in [6, 6.07) is 7.30. The van der Waals surface area contributed by atoms with Crippen molar-refractivity contribution in [2.24, 2.45) is 0 Å². The quantitative estimate of drug-likeness (QED) is 0.722. The normalized spacial score (nSPS) is 18.8. The van der Waals surface area contributed by atoms with E-state index in [-0.39, 0.29) is 24.5 Å². The molecule has 2 N–H and O–H groups in total. The average molecular weight is 409 g/mol. The highest BCUT2D eigenvalue weighted by Crippen LogP contribution is 2.23. The van der Waals surface area contributed by atoms with E-state index in [2.05, 4.69) is 20.4 Å². The van der Waals surface area contributed by atoms with Crippen molar-refractivity contribution in [2.45, 2.75) is 31.7 Å². The SMILES string of the molecule is O=C(CN1CCN(CCOc2ccccc2Cl)CC1)NC(=O)NC1CCCC1. The second-order valence-electron chi connectivity index (χ2n) is 7.40. The Morgan fingerprint density at radius 2 is 1.75 bits per heavy atom. The topological polar surface area (TPSA) is 73.9 Å². The largest absolute Gasteiger partial charge is 0.491 e. The fraction of sp³-hybridized carbons (Fsp3) is 0.600. The Balaban J connectivity index is 1.28. The lowest BCUT2D eigenvalue weighted by molar-refractivity contribution is -0.121. The molecule has 0 aromatic heterocycles. The summed E-state index contributed by atoms with van der Waals surface area (Å²) in [4.78, 5) is 28.3. The number of carbonyl (C=O) groups excluding carboxylic acids is 2. The van der Waals surface area contributed by atoms with Crippen LogP contribution < -0.4 is 15.4 Å². The molecule has 0 atom stereocenters. The molecule has 0 unspecified atom stereocenters. The lowest BCUT2D eigenvalue weighted by atomic mass is 10.2. The van der Waals surface area contributed by atoms with Crippen LogP contribution in [0, 0.1) is 0 Å². The van der Waals surface area contributed by atoms with Gasteiger partial charge in [0.15, 0.2) is 0 Å². The number of piperazine rings is 1. The number of rotatable bonds is 7. The Morgan fingerprint density at radius 3 is 2.46 bits per heavy atom. The van der Waals surface area contributed by atoms with Gasteiger partial charge in [-0.15, -0.1) is 0 Å². The minimum absolute atomic E-state index is 0.212. The van der Waals surface area contributed by atoms with Crippen LogP contribution in [0.4, 0.5) is 4.79 Å². The van der Waals surface area contributed by atoms with E-state index in [4.69, 9.17) is 16.3 Å². The van der Waals surface area contributed by atoms with Crippen molar-refractivity contribution in [2.75, 3.05) is 45.9 Å².